The Kier molecular flexibility index (Phi) is 3.26. The van der Waals surface area contributed by atoms with Crippen LogP contribution in [-0.4, -0.2) is 21.0 Å². The van der Waals surface area contributed by atoms with Crippen molar-refractivity contribution in [1.29, 1.82) is 0 Å². The fraction of sp³-hybridized carbons (Fsp3) is 0.125. The van der Waals surface area contributed by atoms with Crippen LogP contribution in [-0.2, 0) is 4.79 Å². The summed E-state index contributed by atoms with van der Waals surface area (Å²) in [4.78, 5) is 17.5. The van der Waals surface area contributed by atoms with E-state index < -0.39 is 5.97 Å². The lowest BCUT2D eigenvalue weighted by atomic mass is 10.3. The molecule has 0 atom stereocenters. The van der Waals surface area contributed by atoms with E-state index in [2.05, 4.69) is 21.8 Å². The third kappa shape index (κ3) is 2.92. The first-order valence-electron chi connectivity index (χ1n) is 3.58. The number of anilines is 1. The molecule has 0 bridgehead atoms. The molecule has 0 aliphatic rings. The van der Waals surface area contributed by atoms with Gasteiger partial charge in [0.25, 0.3) is 0 Å². The molecule has 0 aromatic carbocycles. The lowest BCUT2D eigenvalue weighted by molar-refractivity contribution is -0.135. The topological polar surface area (TPSA) is 89.1 Å². The normalized spacial score (nSPS) is 8.93. The van der Waals surface area contributed by atoms with Gasteiger partial charge in [0, 0.05) is 6.20 Å². The van der Waals surface area contributed by atoms with Crippen molar-refractivity contribution in [3.63, 3.8) is 0 Å². The van der Waals surface area contributed by atoms with Crippen molar-refractivity contribution in [2.45, 2.75) is 6.42 Å². The average molecular weight is 212 g/mol. The zero-order valence-corrected chi connectivity index (χ0v) is 7.75. The predicted molar refractivity (Wildman–Crippen MR) is 50.6 cm³/mol. The molecule has 0 spiro atoms. The fourth-order valence-electron chi connectivity index (χ4n) is 0.684. The molecule has 14 heavy (non-hydrogen) atoms. The molecule has 1 heterocycles. The minimum absolute atomic E-state index is 0.0336. The third-order valence-electron chi connectivity index (χ3n) is 1.25. The highest BCUT2D eigenvalue weighted by Crippen LogP contribution is 2.08. The van der Waals surface area contributed by atoms with Crippen LogP contribution in [0.25, 0.3) is 0 Å². The molecule has 1 aromatic heterocycles. The predicted octanol–water partition coefficient (Wildman–Crippen LogP) is 0.538. The summed E-state index contributed by atoms with van der Waals surface area (Å²) >= 11 is 5.46. The van der Waals surface area contributed by atoms with Gasteiger partial charge in [-0.25, -0.2) is 4.98 Å². The Morgan fingerprint density at radius 3 is 3.00 bits per heavy atom. The van der Waals surface area contributed by atoms with Crippen LogP contribution < -0.4 is 5.73 Å². The Morgan fingerprint density at radius 2 is 2.43 bits per heavy atom. The monoisotopic (exact) mass is 211 g/mol. The molecule has 6 heteroatoms. The van der Waals surface area contributed by atoms with Crippen molar-refractivity contribution in [2.24, 2.45) is 0 Å². The zero-order chi connectivity index (χ0) is 10.6. The van der Waals surface area contributed by atoms with Crippen LogP contribution in [0, 0.1) is 11.8 Å². The van der Waals surface area contributed by atoms with Gasteiger partial charge in [-0.2, -0.15) is 4.98 Å². The summed E-state index contributed by atoms with van der Waals surface area (Å²) in [6.45, 7) is 0. The Morgan fingerprint density at radius 1 is 1.71 bits per heavy atom. The lowest BCUT2D eigenvalue weighted by Gasteiger charge is -1.95. The number of aliphatic carboxylic acids is 1. The van der Waals surface area contributed by atoms with Crippen LogP contribution >= 0.6 is 11.6 Å². The van der Waals surface area contributed by atoms with E-state index in [0.717, 1.165) is 0 Å². The number of aromatic nitrogens is 2. The zero-order valence-electron chi connectivity index (χ0n) is 6.99. The molecule has 0 amide bonds. The summed E-state index contributed by atoms with van der Waals surface area (Å²) in [5.74, 6) is 4.09. The number of nitrogens with two attached hydrogens (primary N) is 1. The van der Waals surface area contributed by atoms with Crippen molar-refractivity contribution in [3.8, 4) is 11.8 Å². The number of carbonyl (C=O) groups is 1. The molecule has 72 valence electrons. The quantitative estimate of drug-likeness (QED) is 0.523. The number of halogens is 1. The van der Waals surface area contributed by atoms with E-state index in [1.54, 1.807) is 0 Å². The number of carboxylic acid groups (broad SMARTS) is 1. The molecule has 1 aromatic rings. The second-order valence-electron chi connectivity index (χ2n) is 2.31. The largest absolute Gasteiger partial charge is 0.481 e. The van der Waals surface area contributed by atoms with E-state index in [9.17, 15) is 4.79 Å². The SMILES string of the molecule is Nc1nc(Cl)ncc1C#CCC(=O)O. The molecule has 0 saturated carbocycles. The maximum atomic E-state index is 10.1. The highest BCUT2D eigenvalue weighted by molar-refractivity contribution is 6.28. The first-order chi connectivity index (χ1) is 6.59. The standard InChI is InChI=1S/C8H6ClN3O2/c9-8-11-4-5(7(10)12-8)2-1-3-6(13)14/h4H,3H2,(H,13,14)(H2,10,11,12). The molecule has 1 rings (SSSR count). The van der Waals surface area contributed by atoms with Crippen molar-refractivity contribution in [2.75, 3.05) is 5.73 Å². The number of rotatable bonds is 1. The average Bonchev–Trinajstić information content (AvgIpc) is 2.08. The molecule has 0 radical (unpaired) electrons. The number of hydrogen-bond donors (Lipinski definition) is 2. The van der Waals surface area contributed by atoms with Crippen LogP contribution in [0.15, 0.2) is 6.20 Å². The Balaban J connectivity index is 2.85. The van der Waals surface area contributed by atoms with Crippen molar-refractivity contribution in [3.05, 3.63) is 17.0 Å². The maximum absolute atomic E-state index is 10.1. The number of nitrogens with zero attached hydrogens (tertiary/aromatic N) is 2. The van der Waals surface area contributed by atoms with Crippen molar-refractivity contribution < 1.29 is 9.90 Å². The first kappa shape index (κ1) is 10.3. The summed E-state index contributed by atoms with van der Waals surface area (Å²) in [6, 6.07) is 0. The van der Waals surface area contributed by atoms with Crippen molar-refractivity contribution >= 4 is 23.4 Å². The number of carboxylic acids is 1. The van der Waals surface area contributed by atoms with Crippen molar-refractivity contribution in [1.82, 2.24) is 9.97 Å². The van der Waals surface area contributed by atoms with Gasteiger partial charge in [-0.3, -0.25) is 4.79 Å². The van der Waals surface area contributed by atoms with Crippen LogP contribution in [0.1, 0.15) is 12.0 Å². The smallest absolute Gasteiger partial charge is 0.315 e. The summed E-state index contributed by atoms with van der Waals surface area (Å²) in [6.07, 6.45) is 1.10. The summed E-state index contributed by atoms with van der Waals surface area (Å²) in [7, 11) is 0. The highest BCUT2D eigenvalue weighted by atomic mass is 35.5. The van der Waals surface area contributed by atoms with E-state index in [4.69, 9.17) is 22.4 Å². The van der Waals surface area contributed by atoms with E-state index in [1.807, 2.05) is 0 Å². The van der Waals surface area contributed by atoms with E-state index >= 15 is 0 Å². The van der Waals surface area contributed by atoms with Crippen LogP contribution in [0.2, 0.25) is 5.28 Å². The van der Waals surface area contributed by atoms with Gasteiger partial charge in [0.15, 0.2) is 0 Å². The first-order valence-corrected chi connectivity index (χ1v) is 3.96. The Hall–Kier alpha value is -1.80. The molecule has 0 unspecified atom stereocenters. The van der Waals surface area contributed by atoms with Crippen LogP contribution in [0.3, 0.4) is 0 Å². The van der Waals surface area contributed by atoms with Crippen LogP contribution in [0.4, 0.5) is 5.82 Å². The van der Waals surface area contributed by atoms with Gasteiger partial charge in [-0.05, 0) is 11.6 Å². The van der Waals surface area contributed by atoms with Gasteiger partial charge < -0.3 is 10.8 Å². The minimum Gasteiger partial charge on any atom is -0.481 e. The Labute approximate surface area is 84.9 Å². The van der Waals surface area contributed by atoms with Gasteiger partial charge in [-0.1, -0.05) is 11.8 Å². The second kappa shape index (κ2) is 4.44. The number of hydrogen-bond acceptors (Lipinski definition) is 4. The Bertz CT molecular complexity index is 422. The van der Waals surface area contributed by atoms with Gasteiger partial charge in [0.05, 0.1) is 5.56 Å². The lowest BCUT2D eigenvalue weighted by Crippen LogP contribution is -1.97. The molecular weight excluding hydrogens is 206 g/mol. The van der Waals surface area contributed by atoms with E-state index in [-0.39, 0.29) is 17.5 Å². The summed E-state index contributed by atoms with van der Waals surface area (Å²) in [5.41, 5.74) is 5.82. The third-order valence-corrected chi connectivity index (χ3v) is 1.43. The molecule has 0 fully saturated rings. The molecule has 0 saturated heterocycles. The van der Waals surface area contributed by atoms with Gasteiger partial charge in [0.2, 0.25) is 5.28 Å². The molecule has 3 N–H and O–H groups in total. The maximum Gasteiger partial charge on any atom is 0.315 e. The second-order valence-corrected chi connectivity index (χ2v) is 2.65. The van der Waals surface area contributed by atoms with Gasteiger partial charge in [-0.15, -0.1) is 0 Å². The fourth-order valence-corrected chi connectivity index (χ4v) is 0.824. The number of nitrogen functional groups attached to an aromatic ring is 1. The van der Waals surface area contributed by atoms with Crippen LogP contribution in [0.5, 0.6) is 0 Å². The summed E-state index contributed by atoms with van der Waals surface area (Å²) in [5, 5.41) is 8.35. The molecule has 5 nitrogen and oxygen atoms in total. The summed E-state index contributed by atoms with van der Waals surface area (Å²) < 4.78 is 0. The molecule has 0 aliphatic carbocycles. The molecular formula is C8H6ClN3O2. The van der Waals surface area contributed by atoms with E-state index in [0.29, 0.717) is 5.56 Å². The van der Waals surface area contributed by atoms with Gasteiger partial charge >= 0.3 is 5.97 Å². The minimum atomic E-state index is -0.994. The van der Waals surface area contributed by atoms with E-state index in [1.165, 1.54) is 6.20 Å². The molecule has 0 aliphatic heterocycles. The highest BCUT2D eigenvalue weighted by Gasteiger charge is 1.98. The van der Waals surface area contributed by atoms with Gasteiger partial charge in [0.1, 0.15) is 12.2 Å².